The fraction of sp³-hybridized carbons (Fsp3) is 0.417. The summed E-state index contributed by atoms with van der Waals surface area (Å²) in [6.07, 6.45) is 0. The molecule has 1 aromatic carbocycles. The summed E-state index contributed by atoms with van der Waals surface area (Å²) in [7, 11) is 0. The van der Waals surface area contributed by atoms with Gasteiger partial charge in [-0.1, -0.05) is 23.5 Å². The van der Waals surface area contributed by atoms with E-state index in [0.717, 1.165) is 37.0 Å². The van der Waals surface area contributed by atoms with E-state index in [-0.39, 0.29) is 0 Å². The van der Waals surface area contributed by atoms with Crippen LogP contribution in [0.4, 0.5) is 5.13 Å². The van der Waals surface area contributed by atoms with E-state index in [2.05, 4.69) is 21.7 Å². The molecule has 17 heavy (non-hydrogen) atoms. The first-order valence-corrected chi connectivity index (χ1v) is 6.64. The van der Waals surface area contributed by atoms with Crippen LogP contribution in [0.1, 0.15) is 0 Å². The quantitative estimate of drug-likeness (QED) is 0.869. The second-order valence-electron chi connectivity index (χ2n) is 4.09. The van der Waals surface area contributed by atoms with Gasteiger partial charge in [0.05, 0.1) is 23.4 Å². The van der Waals surface area contributed by atoms with Crippen molar-refractivity contribution in [1.82, 2.24) is 10.3 Å². The van der Waals surface area contributed by atoms with Crippen LogP contribution in [0, 0.1) is 0 Å². The molecule has 2 N–H and O–H groups in total. The largest absolute Gasteiger partial charge is 0.378 e. The maximum Gasteiger partial charge on any atom is 0.183 e. The monoisotopic (exact) mass is 249 g/mol. The van der Waals surface area contributed by atoms with E-state index in [4.69, 9.17) is 4.74 Å². The van der Waals surface area contributed by atoms with Crippen LogP contribution in [-0.4, -0.2) is 37.3 Å². The Morgan fingerprint density at radius 3 is 3.24 bits per heavy atom. The predicted octanol–water partition coefficient (Wildman–Crippen LogP) is 1.70. The number of anilines is 1. The highest BCUT2D eigenvalue weighted by molar-refractivity contribution is 7.22. The lowest BCUT2D eigenvalue weighted by molar-refractivity contribution is 0.0806. The van der Waals surface area contributed by atoms with Crippen molar-refractivity contribution in [2.75, 3.05) is 31.6 Å². The van der Waals surface area contributed by atoms with Crippen molar-refractivity contribution >= 4 is 26.7 Å². The van der Waals surface area contributed by atoms with Crippen molar-refractivity contribution in [1.29, 1.82) is 0 Å². The molecule has 0 radical (unpaired) electrons. The summed E-state index contributed by atoms with van der Waals surface area (Å²) < 4.78 is 6.63. The predicted molar refractivity (Wildman–Crippen MR) is 70.7 cm³/mol. The number of nitrogens with zero attached hydrogens (tertiary/aromatic N) is 1. The van der Waals surface area contributed by atoms with Crippen LogP contribution in [0.25, 0.3) is 10.2 Å². The first-order chi connectivity index (χ1) is 8.42. The summed E-state index contributed by atoms with van der Waals surface area (Å²) in [5, 5.41) is 7.77. The second kappa shape index (κ2) is 5.00. The maximum atomic E-state index is 5.41. The Labute approximate surface area is 104 Å². The number of morpholine rings is 1. The highest BCUT2D eigenvalue weighted by Crippen LogP contribution is 2.25. The number of para-hydroxylation sites is 1. The molecule has 1 fully saturated rings. The molecule has 1 aliphatic heterocycles. The third-order valence-corrected chi connectivity index (χ3v) is 3.79. The first kappa shape index (κ1) is 11.0. The molecule has 0 spiro atoms. The third kappa shape index (κ3) is 2.57. The van der Waals surface area contributed by atoms with Crippen molar-refractivity contribution in [2.45, 2.75) is 6.04 Å². The van der Waals surface area contributed by atoms with Gasteiger partial charge in [-0.3, -0.25) is 0 Å². The van der Waals surface area contributed by atoms with Crippen molar-refractivity contribution in [3.05, 3.63) is 24.3 Å². The molecule has 2 aromatic rings. The van der Waals surface area contributed by atoms with Crippen LogP contribution in [-0.2, 0) is 4.74 Å². The zero-order valence-electron chi connectivity index (χ0n) is 9.48. The number of rotatable bonds is 3. The fourth-order valence-electron chi connectivity index (χ4n) is 1.91. The van der Waals surface area contributed by atoms with E-state index in [0.29, 0.717) is 6.04 Å². The summed E-state index contributed by atoms with van der Waals surface area (Å²) in [6, 6.07) is 8.58. The lowest BCUT2D eigenvalue weighted by atomic mass is 10.3. The number of ether oxygens (including phenoxy) is 1. The molecule has 4 nitrogen and oxygen atoms in total. The molecule has 0 aliphatic carbocycles. The Kier molecular flexibility index (Phi) is 3.22. The first-order valence-electron chi connectivity index (χ1n) is 5.82. The van der Waals surface area contributed by atoms with Gasteiger partial charge in [-0.2, -0.15) is 0 Å². The molecular formula is C12H15N3OS. The number of benzene rings is 1. The van der Waals surface area contributed by atoms with Gasteiger partial charge in [0.1, 0.15) is 0 Å². The Balaban J connectivity index is 1.64. The number of hydrogen-bond donors (Lipinski definition) is 2. The van der Waals surface area contributed by atoms with Crippen molar-refractivity contribution < 1.29 is 4.74 Å². The standard InChI is InChI=1S/C12H15N3OS/c1-2-4-11-10(3-1)15-12(17-11)14-7-9-8-16-6-5-13-9/h1-4,9,13H,5-8H2,(H,14,15). The number of nitrogens with one attached hydrogen (secondary N) is 2. The molecule has 90 valence electrons. The van der Waals surface area contributed by atoms with Crippen molar-refractivity contribution in [3.8, 4) is 0 Å². The number of fused-ring (bicyclic) bond motifs is 1. The van der Waals surface area contributed by atoms with E-state index >= 15 is 0 Å². The van der Waals surface area contributed by atoms with Crippen LogP contribution in [0.3, 0.4) is 0 Å². The lowest BCUT2D eigenvalue weighted by Gasteiger charge is -2.23. The normalized spacial score (nSPS) is 20.6. The fourth-order valence-corrected chi connectivity index (χ4v) is 2.78. The molecular weight excluding hydrogens is 234 g/mol. The highest BCUT2D eigenvalue weighted by atomic mass is 32.1. The van der Waals surface area contributed by atoms with Gasteiger partial charge in [0, 0.05) is 19.1 Å². The van der Waals surface area contributed by atoms with E-state index in [9.17, 15) is 0 Å². The van der Waals surface area contributed by atoms with Gasteiger partial charge < -0.3 is 15.4 Å². The molecule has 0 bridgehead atoms. The molecule has 1 saturated heterocycles. The summed E-state index contributed by atoms with van der Waals surface area (Å²) in [4.78, 5) is 4.54. The molecule has 5 heteroatoms. The summed E-state index contributed by atoms with van der Waals surface area (Å²) in [6.45, 7) is 3.39. The summed E-state index contributed by atoms with van der Waals surface area (Å²) in [5.74, 6) is 0. The minimum absolute atomic E-state index is 0.385. The molecule has 2 heterocycles. The van der Waals surface area contributed by atoms with E-state index < -0.39 is 0 Å². The van der Waals surface area contributed by atoms with Gasteiger partial charge in [0.15, 0.2) is 5.13 Å². The summed E-state index contributed by atoms with van der Waals surface area (Å²) in [5.41, 5.74) is 1.06. The van der Waals surface area contributed by atoms with Crippen LogP contribution >= 0.6 is 11.3 Å². The van der Waals surface area contributed by atoms with E-state index in [1.807, 2.05) is 18.2 Å². The molecule has 1 unspecified atom stereocenters. The molecule has 0 amide bonds. The SMILES string of the molecule is c1ccc2sc(NCC3COCCN3)nc2c1. The number of aromatic nitrogens is 1. The molecule has 3 rings (SSSR count). The molecule has 0 saturated carbocycles. The second-order valence-corrected chi connectivity index (χ2v) is 5.12. The van der Waals surface area contributed by atoms with Gasteiger partial charge in [-0.05, 0) is 12.1 Å². The average Bonchev–Trinajstić information content (AvgIpc) is 2.80. The molecule has 1 aromatic heterocycles. The van der Waals surface area contributed by atoms with Crippen LogP contribution in [0.2, 0.25) is 0 Å². The van der Waals surface area contributed by atoms with Gasteiger partial charge >= 0.3 is 0 Å². The van der Waals surface area contributed by atoms with E-state index in [1.54, 1.807) is 11.3 Å². The Bertz CT molecular complexity index is 460. The zero-order valence-corrected chi connectivity index (χ0v) is 10.3. The van der Waals surface area contributed by atoms with Gasteiger partial charge in [-0.15, -0.1) is 0 Å². The Morgan fingerprint density at radius 2 is 2.41 bits per heavy atom. The third-order valence-electron chi connectivity index (χ3n) is 2.79. The van der Waals surface area contributed by atoms with Crippen LogP contribution in [0.15, 0.2) is 24.3 Å². The highest BCUT2D eigenvalue weighted by Gasteiger charge is 2.13. The van der Waals surface area contributed by atoms with Gasteiger partial charge in [-0.25, -0.2) is 4.98 Å². The summed E-state index contributed by atoms with van der Waals surface area (Å²) >= 11 is 1.70. The topological polar surface area (TPSA) is 46.2 Å². The Morgan fingerprint density at radius 1 is 1.47 bits per heavy atom. The average molecular weight is 249 g/mol. The smallest absolute Gasteiger partial charge is 0.183 e. The Hall–Kier alpha value is -1.17. The zero-order chi connectivity index (χ0) is 11.5. The maximum absolute atomic E-state index is 5.41. The molecule has 1 atom stereocenters. The number of hydrogen-bond acceptors (Lipinski definition) is 5. The van der Waals surface area contributed by atoms with Crippen molar-refractivity contribution in [3.63, 3.8) is 0 Å². The van der Waals surface area contributed by atoms with E-state index in [1.165, 1.54) is 4.70 Å². The van der Waals surface area contributed by atoms with Gasteiger partial charge in [0.2, 0.25) is 0 Å². The van der Waals surface area contributed by atoms with Crippen LogP contribution in [0.5, 0.6) is 0 Å². The van der Waals surface area contributed by atoms with Crippen LogP contribution < -0.4 is 10.6 Å². The molecule has 1 aliphatic rings. The minimum atomic E-state index is 0.385. The lowest BCUT2D eigenvalue weighted by Crippen LogP contribution is -2.45. The number of thiazole rings is 1. The minimum Gasteiger partial charge on any atom is -0.378 e. The van der Waals surface area contributed by atoms with Crippen molar-refractivity contribution in [2.24, 2.45) is 0 Å². The van der Waals surface area contributed by atoms with Gasteiger partial charge in [0.25, 0.3) is 0 Å².